The van der Waals surface area contributed by atoms with Crippen LogP contribution >= 0.6 is 12.2 Å². The van der Waals surface area contributed by atoms with Crippen LogP contribution in [0.4, 0.5) is 5.69 Å². The lowest BCUT2D eigenvalue weighted by molar-refractivity contribution is -0.384. The summed E-state index contributed by atoms with van der Waals surface area (Å²) < 4.78 is 0. The van der Waals surface area contributed by atoms with Crippen LogP contribution in [-0.4, -0.2) is 15.9 Å². The molecule has 0 saturated carbocycles. The molecule has 0 saturated heterocycles. The van der Waals surface area contributed by atoms with Crippen LogP contribution in [-0.2, 0) is 0 Å². The Kier molecular flexibility index (Phi) is 3.72. The maximum absolute atomic E-state index is 11.4. The number of amides is 1. The van der Waals surface area contributed by atoms with Crippen LogP contribution in [0.5, 0.6) is 0 Å². The molecule has 1 rings (SSSR count). The molecule has 84 valence electrons. The number of benzene rings is 1. The van der Waals surface area contributed by atoms with Gasteiger partial charge in [-0.05, 0) is 24.4 Å². The Balaban J connectivity index is 2.70. The van der Waals surface area contributed by atoms with Gasteiger partial charge in [-0.15, -0.1) is 0 Å². The van der Waals surface area contributed by atoms with Gasteiger partial charge in [0.1, 0.15) is 0 Å². The van der Waals surface area contributed by atoms with E-state index in [0.29, 0.717) is 0 Å². The summed E-state index contributed by atoms with van der Waals surface area (Å²) in [5.41, 5.74) is 9.75. The Morgan fingerprint density at radius 2 is 1.88 bits per heavy atom. The predicted octanol–water partition coefficient (Wildman–Crippen LogP) is 0.0728. The second-order valence-corrected chi connectivity index (χ2v) is 3.19. The molecule has 0 fully saturated rings. The summed E-state index contributed by atoms with van der Waals surface area (Å²) in [6.07, 6.45) is 0. The van der Waals surface area contributed by atoms with E-state index in [4.69, 9.17) is 5.73 Å². The molecule has 4 N–H and O–H groups in total. The number of thiocarbonyl (C=S) groups is 1. The maximum atomic E-state index is 11.4. The minimum absolute atomic E-state index is 0.0738. The van der Waals surface area contributed by atoms with Crippen LogP contribution < -0.4 is 16.6 Å². The molecule has 16 heavy (non-hydrogen) atoms. The predicted molar refractivity (Wildman–Crippen MR) is 60.5 cm³/mol. The summed E-state index contributed by atoms with van der Waals surface area (Å²) in [7, 11) is 0. The molecular formula is C8H8N4O3S. The van der Waals surface area contributed by atoms with Crippen molar-refractivity contribution in [3.8, 4) is 0 Å². The molecular weight excluding hydrogens is 232 g/mol. The Hall–Kier alpha value is -2.22. The third kappa shape index (κ3) is 3.17. The minimum atomic E-state index is -0.547. The largest absolute Gasteiger partial charge is 0.375 e. The molecule has 0 aliphatic rings. The molecule has 0 spiro atoms. The molecule has 0 heterocycles. The first-order chi connectivity index (χ1) is 7.50. The van der Waals surface area contributed by atoms with Crippen LogP contribution in [0.1, 0.15) is 10.4 Å². The number of hydrogen-bond acceptors (Lipinski definition) is 4. The molecule has 0 unspecified atom stereocenters. The Bertz CT molecular complexity index is 431. The van der Waals surface area contributed by atoms with E-state index in [2.05, 4.69) is 23.1 Å². The van der Waals surface area contributed by atoms with Crippen molar-refractivity contribution in [2.45, 2.75) is 0 Å². The van der Waals surface area contributed by atoms with Gasteiger partial charge in [0.05, 0.1) is 4.92 Å². The van der Waals surface area contributed by atoms with Crippen LogP contribution in [0.25, 0.3) is 0 Å². The average molecular weight is 240 g/mol. The van der Waals surface area contributed by atoms with E-state index in [1.807, 2.05) is 0 Å². The van der Waals surface area contributed by atoms with Gasteiger partial charge in [0.2, 0.25) is 0 Å². The van der Waals surface area contributed by atoms with E-state index in [1.54, 1.807) is 0 Å². The molecule has 0 aliphatic heterocycles. The lowest BCUT2D eigenvalue weighted by Gasteiger charge is -2.05. The van der Waals surface area contributed by atoms with E-state index < -0.39 is 10.8 Å². The molecule has 0 radical (unpaired) electrons. The molecule has 0 atom stereocenters. The third-order valence-corrected chi connectivity index (χ3v) is 1.74. The van der Waals surface area contributed by atoms with Gasteiger partial charge in [-0.3, -0.25) is 25.8 Å². The van der Waals surface area contributed by atoms with Gasteiger partial charge in [0.25, 0.3) is 11.6 Å². The number of nitrogens with one attached hydrogen (secondary N) is 2. The number of nitro benzene ring substituents is 1. The first-order valence-corrected chi connectivity index (χ1v) is 4.52. The molecule has 0 aliphatic carbocycles. The maximum Gasteiger partial charge on any atom is 0.269 e. The van der Waals surface area contributed by atoms with E-state index in [9.17, 15) is 14.9 Å². The molecule has 0 bridgehead atoms. The zero-order valence-corrected chi connectivity index (χ0v) is 8.78. The smallest absolute Gasteiger partial charge is 0.269 e. The van der Waals surface area contributed by atoms with Gasteiger partial charge in [0.15, 0.2) is 5.11 Å². The highest BCUT2D eigenvalue weighted by Crippen LogP contribution is 2.11. The van der Waals surface area contributed by atoms with Crippen LogP contribution in [0.3, 0.4) is 0 Å². The summed E-state index contributed by atoms with van der Waals surface area (Å²) in [5, 5.41) is 10.3. The number of carbonyl (C=O) groups is 1. The zero-order chi connectivity index (χ0) is 12.1. The highest BCUT2D eigenvalue weighted by atomic mass is 32.1. The van der Waals surface area contributed by atoms with Crippen LogP contribution in [0.15, 0.2) is 24.3 Å². The van der Waals surface area contributed by atoms with Gasteiger partial charge in [0, 0.05) is 17.7 Å². The van der Waals surface area contributed by atoms with Crippen molar-refractivity contribution in [1.82, 2.24) is 10.9 Å². The Morgan fingerprint density at radius 3 is 2.31 bits per heavy atom. The number of rotatable bonds is 2. The summed E-state index contributed by atoms with van der Waals surface area (Å²) in [6.45, 7) is 0. The van der Waals surface area contributed by atoms with Gasteiger partial charge in [-0.25, -0.2) is 0 Å². The van der Waals surface area contributed by atoms with Gasteiger partial charge in [-0.1, -0.05) is 0 Å². The fourth-order valence-electron chi connectivity index (χ4n) is 0.925. The van der Waals surface area contributed by atoms with Crippen molar-refractivity contribution in [3.05, 3.63) is 39.9 Å². The average Bonchev–Trinajstić information content (AvgIpc) is 2.26. The highest BCUT2D eigenvalue weighted by Gasteiger charge is 2.08. The number of non-ortho nitro benzene ring substituents is 1. The van der Waals surface area contributed by atoms with E-state index >= 15 is 0 Å². The van der Waals surface area contributed by atoms with Crippen molar-refractivity contribution in [2.75, 3.05) is 0 Å². The summed E-state index contributed by atoms with van der Waals surface area (Å²) in [6, 6.07) is 5.12. The normalized spacial score (nSPS) is 9.25. The first kappa shape index (κ1) is 11.9. The number of hydrogen-bond donors (Lipinski definition) is 3. The Morgan fingerprint density at radius 1 is 1.31 bits per heavy atom. The second kappa shape index (κ2) is 5.03. The van der Waals surface area contributed by atoms with Crippen molar-refractivity contribution in [2.24, 2.45) is 5.73 Å². The zero-order valence-electron chi connectivity index (χ0n) is 7.97. The molecule has 1 aromatic rings. The van der Waals surface area contributed by atoms with E-state index in [-0.39, 0.29) is 16.4 Å². The molecule has 7 nitrogen and oxygen atoms in total. The quantitative estimate of drug-likeness (QED) is 0.383. The van der Waals surface area contributed by atoms with Crippen LogP contribution in [0.2, 0.25) is 0 Å². The fourth-order valence-corrected chi connectivity index (χ4v) is 0.976. The van der Waals surface area contributed by atoms with Crippen molar-refractivity contribution >= 4 is 28.9 Å². The topological polar surface area (TPSA) is 110 Å². The number of carbonyl (C=O) groups excluding carboxylic acids is 1. The molecule has 1 amide bonds. The summed E-state index contributed by atoms with van der Waals surface area (Å²) >= 11 is 4.48. The van der Waals surface area contributed by atoms with Crippen molar-refractivity contribution in [1.29, 1.82) is 0 Å². The SMILES string of the molecule is NC(=S)NNC(=O)c1ccc([N+](=O)[O-])cc1. The lowest BCUT2D eigenvalue weighted by Crippen LogP contribution is -2.44. The monoisotopic (exact) mass is 240 g/mol. The molecule has 8 heteroatoms. The van der Waals surface area contributed by atoms with Gasteiger partial charge in [-0.2, -0.15) is 0 Å². The summed E-state index contributed by atoms with van der Waals surface area (Å²) in [4.78, 5) is 21.2. The standard InChI is InChI=1S/C8H8N4O3S/c9-8(16)11-10-7(13)5-1-3-6(4-2-5)12(14)15/h1-4H,(H,10,13)(H3,9,11,16). The van der Waals surface area contributed by atoms with E-state index in [1.165, 1.54) is 24.3 Å². The summed E-state index contributed by atoms with van der Waals surface area (Å²) in [5.74, 6) is -0.484. The highest BCUT2D eigenvalue weighted by molar-refractivity contribution is 7.80. The number of hydrazine groups is 1. The third-order valence-electron chi connectivity index (χ3n) is 1.64. The number of nitrogens with two attached hydrogens (primary N) is 1. The minimum Gasteiger partial charge on any atom is -0.375 e. The van der Waals surface area contributed by atoms with Crippen molar-refractivity contribution in [3.63, 3.8) is 0 Å². The molecule has 1 aromatic carbocycles. The fraction of sp³-hybridized carbons (Fsp3) is 0. The number of nitrogens with zero attached hydrogens (tertiary/aromatic N) is 1. The van der Waals surface area contributed by atoms with Crippen molar-refractivity contribution < 1.29 is 9.72 Å². The first-order valence-electron chi connectivity index (χ1n) is 4.11. The van der Waals surface area contributed by atoms with Gasteiger partial charge >= 0.3 is 0 Å². The lowest BCUT2D eigenvalue weighted by atomic mass is 10.2. The second-order valence-electron chi connectivity index (χ2n) is 2.75. The molecule has 0 aromatic heterocycles. The Labute approximate surface area is 95.7 Å². The van der Waals surface area contributed by atoms with E-state index in [0.717, 1.165) is 0 Å². The number of nitro groups is 1. The van der Waals surface area contributed by atoms with Crippen LogP contribution in [0, 0.1) is 10.1 Å². The van der Waals surface area contributed by atoms with Gasteiger partial charge < -0.3 is 5.73 Å².